The van der Waals surface area contributed by atoms with Crippen LogP contribution in [0.3, 0.4) is 0 Å². The molecule has 0 amide bonds. The molecule has 0 aliphatic carbocycles. The Bertz CT molecular complexity index is 769. The lowest BCUT2D eigenvalue weighted by Gasteiger charge is -2.05. The summed E-state index contributed by atoms with van der Waals surface area (Å²) in [5.74, 6) is 0.577. The largest absolute Gasteiger partial charge is 0.384 e. The Hall–Kier alpha value is -2.29. The highest BCUT2D eigenvalue weighted by Crippen LogP contribution is 2.18. The van der Waals surface area contributed by atoms with Gasteiger partial charge in [-0.15, -0.1) is 0 Å². The molecule has 0 radical (unpaired) electrons. The standard InChI is InChI=1S/C20H25N3/c1-4-11-21-18-9-10-20-22-19(14-23(20)13-18)12-16-5-7-17(8-6-16)15(2)3/h5-10,13-15,21H,4,11-12H2,1-3H3. The molecule has 3 aromatic rings. The molecule has 1 N–H and O–H groups in total. The number of aromatic nitrogens is 2. The van der Waals surface area contributed by atoms with Crippen molar-refractivity contribution in [2.24, 2.45) is 0 Å². The van der Waals surface area contributed by atoms with Gasteiger partial charge in [-0.2, -0.15) is 0 Å². The first-order valence-corrected chi connectivity index (χ1v) is 8.46. The van der Waals surface area contributed by atoms with Gasteiger partial charge in [0.1, 0.15) is 5.65 Å². The Morgan fingerprint density at radius 1 is 1.04 bits per heavy atom. The van der Waals surface area contributed by atoms with Crippen LogP contribution in [-0.2, 0) is 6.42 Å². The number of benzene rings is 1. The molecular weight excluding hydrogens is 282 g/mol. The molecular formula is C20H25N3. The summed E-state index contributed by atoms with van der Waals surface area (Å²) in [6, 6.07) is 13.1. The second kappa shape index (κ2) is 6.86. The molecule has 0 unspecified atom stereocenters. The van der Waals surface area contributed by atoms with E-state index in [1.807, 2.05) is 0 Å². The Balaban J connectivity index is 1.77. The molecule has 1 aromatic carbocycles. The first-order valence-electron chi connectivity index (χ1n) is 8.46. The van der Waals surface area contributed by atoms with Crippen LogP contribution in [0.4, 0.5) is 5.69 Å². The van der Waals surface area contributed by atoms with Gasteiger partial charge < -0.3 is 9.72 Å². The van der Waals surface area contributed by atoms with Gasteiger partial charge in [0, 0.05) is 25.4 Å². The SMILES string of the molecule is CCCNc1ccc2nc(Cc3ccc(C(C)C)cc3)cn2c1. The lowest BCUT2D eigenvalue weighted by atomic mass is 10.0. The number of pyridine rings is 1. The molecule has 0 aliphatic rings. The molecule has 120 valence electrons. The molecule has 3 nitrogen and oxygen atoms in total. The van der Waals surface area contributed by atoms with Crippen molar-refractivity contribution in [1.82, 2.24) is 9.38 Å². The van der Waals surface area contributed by atoms with E-state index >= 15 is 0 Å². The molecule has 23 heavy (non-hydrogen) atoms. The fraction of sp³-hybridized carbons (Fsp3) is 0.350. The Morgan fingerprint density at radius 3 is 2.52 bits per heavy atom. The molecule has 0 fully saturated rings. The van der Waals surface area contributed by atoms with Crippen molar-refractivity contribution in [1.29, 1.82) is 0 Å². The van der Waals surface area contributed by atoms with Gasteiger partial charge in [-0.1, -0.05) is 45.0 Å². The number of nitrogens with zero attached hydrogens (tertiary/aromatic N) is 2. The fourth-order valence-electron chi connectivity index (χ4n) is 2.73. The highest BCUT2D eigenvalue weighted by Gasteiger charge is 2.05. The van der Waals surface area contributed by atoms with Gasteiger partial charge in [-0.25, -0.2) is 4.98 Å². The summed E-state index contributed by atoms with van der Waals surface area (Å²) in [6.45, 7) is 7.61. The van der Waals surface area contributed by atoms with Gasteiger partial charge in [0.2, 0.25) is 0 Å². The number of rotatable bonds is 6. The van der Waals surface area contributed by atoms with Crippen LogP contribution in [0.15, 0.2) is 48.8 Å². The molecule has 3 heteroatoms. The maximum Gasteiger partial charge on any atom is 0.137 e. The summed E-state index contributed by atoms with van der Waals surface area (Å²) in [5.41, 5.74) is 5.94. The maximum atomic E-state index is 4.72. The van der Waals surface area contributed by atoms with E-state index in [9.17, 15) is 0 Å². The van der Waals surface area contributed by atoms with Crippen LogP contribution in [0.1, 0.15) is 49.9 Å². The predicted octanol–water partition coefficient (Wildman–Crippen LogP) is 4.87. The van der Waals surface area contributed by atoms with Gasteiger partial charge in [0.05, 0.1) is 11.4 Å². The van der Waals surface area contributed by atoms with Crippen molar-refractivity contribution in [3.63, 3.8) is 0 Å². The summed E-state index contributed by atoms with van der Waals surface area (Å²) < 4.78 is 2.11. The smallest absolute Gasteiger partial charge is 0.137 e. The first kappa shape index (κ1) is 15.6. The third kappa shape index (κ3) is 3.73. The van der Waals surface area contributed by atoms with Crippen LogP contribution in [0.5, 0.6) is 0 Å². The monoisotopic (exact) mass is 307 g/mol. The third-order valence-electron chi connectivity index (χ3n) is 4.11. The minimum absolute atomic E-state index is 0.577. The van der Waals surface area contributed by atoms with Crippen LogP contribution in [0.25, 0.3) is 5.65 Å². The average Bonchev–Trinajstić information content (AvgIpc) is 2.94. The topological polar surface area (TPSA) is 29.3 Å². The quantitative estimate of drug-likeness (QED) is 0.704. The number of anilines is 1. The minimum Gasteiger partial charge on any atom is -0.384 e. The van der Waals surface area contributed by atoms with E-state index in [1.165, 1.54) is 11.1 Å². The van der Waals surface area contributed by atoms with Gasteiger partial charge in [-0.3, -0.25) is 0 Å². The van der Waals surface area contributed by atoms with Crippen LogP contribution >= 0.6 is 0 Å². The highest BCUT2D eigenvalue weighted by atomic mass is 15.0. The maximum absolute atomic E-state index is 4.72. The Morgan fingerprint density at radius 2 is 1.83 bits per heavy atom. The lowest BCUT2D eigenvalue weighted by molar-refractivity contribution is 0.865. The second-order valence-corrected chi connectivity index (χ2v) is 6.42. The predicted molar refractivity (Wildman–Crippen MR) is 97.3 cm³/mol. The summed E-state index contributed by atoms with van der Waals surface area (Å²) in [5, 5.41) is 3.41. The number of fused-ring (bicyclic) bond motifs is 1. The summed E-state index contributed by atoms with van der Waals surface area (Å²) >= 11 is 0. The van der Waals surface area contributed by atoms with Crippen LogP contribution in [0, 0.1) is 0 Å². The van der Waals surface area contributed by atoms with E-state index in [1.54, 1.807) is 0 Å². The van der Waals surface area contributed by atoms with Gasteiger partial charge >= 0.3 is 0 Å². The normalized spacial score (nSPS) is 11.3. The number of hydrogen-bond acceptors (Lipinski definition) is 2. The molecule has 0 spiro atoms. The number of hydrogen-bond donors (Lipinski definition) is 1. The number of imidazole rings is 1. The van der Waals surface area contributed by atoms with E-state index in [2.05, 4.69) is 79.3 Å². The molecule has 0 saturated carbocycles. The molecule has 2 aromatic heterocycles. The van der Waals surface area contributed by atoms with Gasteiger partial charge in [0.25, 0.3) is 0 Å². The van der Waals surface area contributed by atoms with Crippen LogP contribution in [-0.4, -0.2) is 15.9 Å². The van der Waals surface area contributed by atoms with Gasteiger partial charge in [0.15, 0.2) is 0 Å². The van der Waals surface area contributed by atoms with Crippen molar-refractivity contribution < 1.29 is 0 Å². The zero-order valence-corrected chi connectivity index (χ0v) is 14.2. The molecule has 0 atom stereocenters. The molecule has 3 rings (SSSR count). The van der Waals surface area contributed by atoms with Crippen molar-refractivity contribution in [2.75, 3.05) is 11.9 Å². The fourth-order valence-corrected chi connectivity index (χ4v) is 2.73. The van der Waals surface area contributed by atoms with E-state index in [-0.39, 0.29) is 0 Å². The molecule has 0 aliphatic heterocycles. The van der Waals surface area contributed by atoms with Gasteiger partial charge in [-0.05, 0) is 35.6 Å². The first-order chi connectivity index (χ1) is 11.2. The number of nitrogens with one attached hydrogen (secondary N) is 1. The minimum atomic E-state index is 0.577. The Kier molecular flexibility index (Phi) is 4.65. The molecule has 2 heterocycles. The van der Waals surface area contributed by atoms with Crippen LogP contribution in [0.2, 0.25) is 0 Å². The summed E-state index contributed by atoms with van der Waals surface area (Å²) in [7, 11) is 0. The average molecular weight is 307 g/mol. The van der Waals surface area contributed by atoms with Crippen molar-refractivity contribution >= 4 is 11.3 Å². The summed E-state index contributed by atoms with van der Waals surface area (Å²) in [6.07, 6.45) is 6.24. The summed E-state index contributed by atoms with van der Waals surface area (Å²) in [4.78, 5) is 4.72. The van der Waals surface area contributed by atoms with E-state index < -0.39 is 0 Å². The van der Waals surface area contributed by atoms with Crippen molar-refractivity contribution in [3.8, 4) is 0 Å². The zero-order valence-electron chi connectivity index (χ0n) is 14.2. The third-order valence-corrected chi connectivity index (χ3v) is 4.11. The van der Waals surface area contributed by atoms with Crippen LogP contribution < -0.4 is 5.32 Å². The zero-order chi connectivity index (χ0) is 16.2. The molecule has 0 saturated heterocycles. The van der Waals surface area contributed by atoms with Crippen molar-refractivity contribution in [2.45, 2.75) is 39.5 Å². The second-order valence-electron chi connectivity index (χ2n) is 6.42. The van der Waals surface area contributed by atoms with E-state index in [4.69, 9.17) is 4.98 Å². The van der Waals surface area contributed by atoms with E-state index in [0.717, 1.165) is 36.4 Å². The van der Waals surface area contributed by atoms with Crippen molar-refractivity contribution in [3.05, 3.63) is 65.6 Å². The lowest BCUT2D eigenvalue weighted by Crippen LogP contribution is -2.00. The molecule has 0 bridgehead atoms. The van der Waals surface area contributed by atoms with E-state index in [0.29, 0.717) is 5.92 Å². The Labute approximate surface area is 138 Å². The highest BCUT2D eigenvalue weighted by molar-refractivity contribution is 5.51.